The van der Waals surface area contributed by atoms with Crippen LogP contribution >= 0.6 is 11.6 Å². The van der Waals surface area contributed by atoms with E-state index in [1.165, 1.54) is 0 Å². The van der Waals surface area contributed by atoms with Crippen LogP contribution in [0.1, 0.15) is 37.0 Å². The zero-order valence-corrected chi connectivity index (χ0v) is 12.0. The van der Waals surface area contributed by atoms with Crippen molar-refractivity contribution in [3.8, 4) is 0 Å². The van der Waals surface area contributed by atoms with Gasteiger partial charge in [0.05, 0.1) is 5.56 Å². The first-order valence-corrected chi connectivity index (χ1v) is 6.78. The molecule has 0 heterocycles. The SMILES string of the molecule is CCCCN(CC)C(=O)c1cc(Cl)ccc1NC. The van der Waals surface area contributed by atoms with Gasteiger partial charge < -0.3 is 10.2 Å². The predicted molar refractivity (Wildman–Crippen MR) is 77.5 cm³/mol. The second-order valence-electron chi connectivity index (χ2n) is 4.18. The average molecular weight is 269 g/mol. The third kappa shape index (κ3) is 3.64. The van der Waals surface area contributed by atoms with Gasteiger partial charge in [-0.3, -0.25) is 4.79 Å². The molecule has 0 spiro atoms. The molecule has 1 aromatic rings. The number of nitrogens with zero attached hydrogens (tertiary/aromatic N) is 1. The van der Waals surface area contributed by atoms with Gasteiger partial charge in [0.15, 0.2) is 0 Å². The maximum Gasteiger partial charge on any atom is 0.255 e. The van der Waals surface area contributed by atoms with E-state index >= 15 is 0 Å². The van der Waals surface area contributed by atoms with Crippen molar-refractivity contribution in [2.75, 3.05) is 25.5 Å². The van der Waals surface area contributed by atoms with Crippen LogP contribution < -0.4 is 5.32 Å². The minimum absolute atomic E-state index is 0.0396. The van der Waals surface area contributed by atoms with Crippen LogP contribution in [0, 0.1) is 0 Å². The number of nitrogens with one attached hydrogen (secondary N) is 1. The number of hydrogen-bond acceptors (Lipinski definition) is 2. The number of carbonyl (C=O) groups is 1. The van der Waals surface area contributed by atoms with Gasteiger partial charge in [0.25, 0.3) is 5.91 Å². The molecule has 0 saturated heterocycles. The van der Waals surface area contributed by atoms with E-state index in [0.29, 0.717) is 17.1 Å². The van der Waals surface area contributed by atoms with Crippen LogP contribution in [0.15, 0.2) is 18.2 Å². The van der Waals surface area contributed by atoms with E-state index in [0.717, 1.165) is 25.1 Å². The van der Waals surface area contributed by atoms with Gasteiger partial charge in [0.1, 0.15) is 0 Å². The molecule has 0 radical (unpaired) electrons. The van der Waals surface area contributed by atoms with Crippen molar-refractivity contribution in [2.45, 2.75) is 26.7 Å². The molecule has 0 unspecified atom stereocenters. The van der Waals surface area contributed by atoms with E-state index in [1.807, 2.05) is 24.9 Å². The summed E-state index contributed by atoms with van der Waals surface area (Å²) in [5, 5.41) is 3.62. The number of anilines is 1. The standard InChI is InChI=1S/C14H21ClN2O/c1-4-6-9-17(5-2)14(18)12-10-11(15)7-8-13(12)16-3/h7-8,10,16H,4-6,9H2,1-3H3. The molecule has 1 amide bonds. The van der Waals surface area contributed by atoms with Crippen LogP contribution in [0.2, 0.25) is 5.02 Å². The monoisotopic (exact) mass is 268 g/mol. The summed E-state index contributed by atoms with van der Waals surface area (Å²) < 4.78 is 0. The molecule has 1 aromatic carbocycles. The number of carbonyl (C=O) groups excluding carboxylic acids is 1. The molecule has 100 valence electrons. The van der Waals surface area contributed by atoms with Crippen LogP contribution in [0.3, 0.4) is 0 Å². The lowest BCUT2D eigenvalue weighted by atomic mass is 10.1. The minimum atomic E-state index is 0.0396. The maximum atomic E-state index is 12.4. The first-order valence-electron chi connectivity index (χ1n) is 6.40. The maximum absolute atomic E-state index is 12.4. The number of rotatable bonds is 6. The molecule has 0 aliphatic carbocycles. The van der Waals surface area contributed by atoms with E-state index in [2.05, 4.69) is 12.2 Å². The quantitative estimate of drug-likeness (QED) is 0.854. The average Bonchev–Trinajstić information content (AvgIpc) is 2.39. The molecule has 0 aliphatic rings. The lowest BCUT2D eigenvalue weighted by molar-refractivity contribution is 0.0763. The zero-order chi connectivity index (χ0) is 13.5. The smallest absolute Gasteiger partial charge is 0.255 e. The van der Waals surface area contributed by atoms with Gasteiger partial charge in [-0.2, -0.15) is 0 Å². The molecule has 0 atom stereocenters. The van der Waals surface area contributed by atoms with Gasteiger partial charge in [-0.1, -0.05) is 24.9 Å². The number of halogens is 1. The highest BCUT2D eigenvalue weighted by Crippen LogP contribution is 2.22. The summed E-state index contributed by atoms with van der Waals surface area (Å²) in [6, 6.07) is 5.35. The van der Waals surface area contributed by atoms with E-state index < -0.39 is 0 Å². The molecule has 0 fully saturated rings. The van der Waals surface area contributed by atoms with Crippen LogP contribution in [0.25, 0.3) is 0 Å². The van der Waals surface area contributed by atoms with Gasteiger partial charge in [-0.25, -0.2) is 0 Å². The van der Waals surface area contributed by atoms with Crippen molar-refractivity contribution in [3.63, 3.8) is 0 Å². The summed E-state index contributed by atoms with van der Waals surface area (Å²) in [4.78, 5) is 14.3. The topological polar surface area (TPSA) is 32.3 Å². The lowest BCUT2D eigenvalue weighted by Crippen LogP contribution is -2.32. The molecule has 0 saturated carbocycles. The Hall–Kier alpha value is -1.22. The normalized spacial score (nSPS) is 10.2. The number of unbranched alkanes of at least 4 members (excludes halogenated alkanes) is 1. The fourth-order valence-electron chi connectivity index (χ4n) is 1.83. The number of benzene rings is 1. The predicted octanol–water partition coefficient (Wildman–Crippen LogP) is 3.64. The fourth-order valence-corrected chi connectivity index (χ4v) is 2.01. The number of amides is 1. The molecule has 3 nitrogen and oxygen atoms in total. The summed E-state index contributed by atoms with van der Waals surface area (Å²) in [6.07, 6.45) is 2.10. The van der Waals surface area contributed by atoms with Crippen LogP contribution in [0.4, 0.5) is 5.69 Å². The first kappa shape index (κ1) is 14.8. The van der Waals surface area contributed by atoms with E-state index in [-0.39, 0.29) is 5.91 Å². The third-order valence-corrected chi connectivity index (χ3v) is 3.17. The Morgan fingerprint density at radius 2 is 2.11 bits per heavy atom. The minimum Gasteiger partial charge on any atom is -0.387 e. The Balaban J connectivity index is 2.96. The van der Waals surface area contributed by atoms with Crippen LogP contribution in [-0.4, -0.2) is 30.9 Å². The summed E-state index contributed by atoms with van der Waals surface area (Å²) in [5.41, 5.74) is 1.46. The second-order valence-corrected chi connectivity index (χ2v) is 4.61. The van der Waals surface area contributed by atoms with Gasteiger partial charge in [0.2, 0.25) is 0 Å². The summed E-state index contributed by atoms with van der Waals surface area (Å²) in [5.74, 6) is 0.0396. The van der Waals surface area contributed by atoms with Crippen molar-refractivity contribution in [1.82, 2.24) is 4.90 Å². The molecular formula is C14H21ClN2O. The molecule has 0 aromatic heterocycles. The lowest BCUT2D eigenvalue weighted by Gasteiger charge is -2.22. The van der Waals surface area contributed by atoms with Crippen molar-refractivity contribution in [1.29, 1.82) is 0 Å². The fraction of sp³-hybridized carbons (Fsp3) is 0.500. The largest absolute Gasteiger partial charge is 0.387 e. The molecule has 18 heavy (non-hydrogen) atoms. The molecule has 0 aliphatic heterocycles. The third-order valence-electron chi connectivity index (χ3n) is 2.93. The second kappa shape index (κ2) is 7.27. The number of hydrogen-bond donors (Lipinski definition) is 1. The van der Waals surface area contributed by atoms with Crippen molar-refractivity contribution in [2.24, 2.45) is 0 Å². The summed E-state index contributed by atoms with van der Waals surface area (Å²) >= 11 is 5.97. The molecular weight excluding hydrogens is 248 g/mol. The van der Waals surface area contributed by atoms with Gasteiger partial charge in [-0.15, -0.1) is 0 Å². The first-order chi connectivity index (χ1) is 8.63. The Kier molecular flexibility index (Phi) is 5.99. The summed E-state index contributed by atoms with van der Waals surface area (Å²) in [7, 11) is 1.81. The molecule has 4 heteroatoms. The Morgan fingerprint density at radius 1 is 1.39 bits per heavy atom. The highest BCUT2D eigenvalue weighted by molar-refractivity contribution is 6.31. The van der Waals surface area contributed by atoms with Gasteiger partial charge >= 0.3 is 0 Å². The molecule has 1 rings (SSSR count). The Bertz CT molecular complexity index is 407. The van der Waals surface area contributed by atoms with Crippen LogP contribution in [0.5, 0.6) is 0 Å². The highest BCUT2D eigenvalue weighted by Gasteiger charge is 2.17. The van der Waals surface area contributed by atoms with Crippen molar-refractivity contribution >= 4 is 23.2 Å². The van der Waals surface area contributed by atoms with Crippen LogP contribution in [-0.2, 0) is 0 Å². The highest BCUT2D eigenvalue weighted by atomic mass is 35.5. The Morgan fingerprint density at radius 3 is 2.67 bits per heavy atom. The van der Waals surface area contributed by atoms with E-state index in [1.54, 1.807) is 12.1 Å². The molecule has 0 bridgehead atoms. The van der Waals surface area contributed by atoms with Crippen molar-refractivity contribution < 1.29 is 4.79 Å². The van der Waals surface area contributed by atoms with Crippen molar-refractivity contribution in [3.05, 3.63) is 28.8 Å². The van der Waals surface area contributed by atoms with E-state index in [9.17, 15) is 4.79 Å². The van der Waals surface area contributed by atoms with Gasteiger partial charge in [-0.05, 0) is 31.5 Å². The van der Waals surface area contributed by atoms with Gasteiger partial charge in [0, 0.05) is 30.8 Å². The van der Waals surface area contributed by atoms with E-state index in [4.69, 9.17) is 11.6 Å². The Labute approximate surface area is 114 Å². The zero-order valence-electron chi connectivity index (χ0n) is 11.3. The summed E-state index contributed by atoms with van der Waals surface area (Å²) in [6.45, 7) is 5.63. The molecule has 1 N–H and O–H groups in total.